The maximum atomic E-state index is 9.67. The van der Waals surface area contributed by atoms with Crippen molar-refractivity contribution in [1.29, 1.82) is 0 Å². The lowest BCUT2D eigenvalue weighted by molar-refractivity contribution is 0.0399. The topological polar surface area (TPSA) is 49.5 Å². The predicted octanol–water partition coefficient (Wildman–Crippen LogP) is 2.09. The van der Waals surface area contributed by atoms with Gasteiger partial charge in [0.1, 0.15) is 0 Å². The summed E-state index contributed by atoms with van der Waals surface area (Å²) in [6, 6.07) is 0.135. The zero-order valence-corrected chi connectivity index (χ0v) is 12.8. The van der Waals surface area contributed by atoms with Gasteiger partial charge in [0, 0.05) is 12.1 Å². The number of hydrogen-bond acceptors (Lipinski definition) is 3. The first-order chi connectivity index (χ1) is 8.27. The van der Waals surface area contributed by atoms with E-state index in [9.17, 15) is 5.11 Å². The van der Waals surface area contributed by atoms with E-state index in [1.807, 2.05) is 0 Å². The summed E-state index contributed by atoms with van der Waals surface area (Å²) in [5, 5.41) is 9.67. The minimum absolute atomic E-state index is 0.0260. The van der Waals surface area contributed by atoms with Crippen LogP contribution in [0, 0.1) is 17.3 Å². The summed E-state index contributed by atoms with van der Waals surface area (Å²) in [7, 11) is 0. The van der Waals surface area contributed by atoms with Crippen molar-refractivity contribution >= 4 is 0 Å². The summed E-state index contributed by atoms with van der Waals surface area (Å²) in [6.07, 6.45) is 2.48. The molecule has 1 aliphatic heterocycles. The molecule has 0 aromatic carbocycles. The lowest BCUT2D eigenvalue weighted by Crippen LogP contribution is -2.57. The van der Waals surface area contributed by atoms with Crippen LogP contribution in [0.15, 0.2) is 0 Å². The highest BCUT2D eigenvalue weighted by molar-refractivity contribution is 4.91. The van der Waals surface area contributed by atoms with Gasteiger partial charge in [0.25, 0.3) is 0 Å². The van der Waals surface area contributed by atoms with Crippen LogP contribution in [0.4, 0.5) is 0 Å². The van der Waals surface area contributed by atoms with E-state index in [1.165, 1.54) is 12.8 Å². The van der Waals surface area contributed by atoms with E-state index in [0.717, 1.165) is 24.9 Å². The number of nitrogens with zero attached hydrogens (tertiary/aromatic N) is 1. The second-order valence-electron chi connectivity index (χ2n) is 7.26. The number of hydrogen-bond donors (Lipinski definition) is 2. The van der Waals surface area contributed by atoms with E-state index in [4.69, 9.17) is 5.73 Å². The number of rotatable bonds is 4. The van der Waals surface area contributed by atoms with Crippen LogP contribution in [0.3, 0.4) is 0 Å². The van der Waals surface area contributed by atoms with Gasteiger partial charge >= 0.3 is 0 Å². The molecule has 0 saturated carbocycles. The maximum Gasteiger partial charge on any atom is 0.0602 e. The van der Waals surface area contributed by atoms with Crippen molar-refractivity contribution in [3.05, 3.63) is 0 Å². The molecule has 3 heteroatoms. The average Bonchev–Trinajstić information content (AvgIpc) is 2.29. The highest BCUT2D eigenvalue weighted by Gasteiger charge is 2.34. The van der Waals surface area contributed by atoms with Crippen LogP contribution < -0.4 is 5.73 Å². The van der Waals surface area contributed by atoms with Crippen LogP contribution in [0.5, 0.6) is 0 Å². The number of piperidine rings is 1. The van der Waals surface area contributed by atoms with Gasteiger partial charge in [-0.3, -0.25) is 4.90 Å². The molecular formula is C15H32N2O. The molecule has 1 aliphatic rings. The number of aliphatic hydroxyl groups is 1. The third-order valence-electron chi connectivity index (χ3n) is 4.59. The van der Waals surface area contributed by atoms with E-state index in [1.54, 1.807) is 0 Å². The SMILES string of the molecule is CC(C)C1CCN(C(CO)C(N)C(C)(C)C)CC1. The summed E-state index contributed by atoms with van der Waals surface area (Å²) < 4.78 is 0. The van der Waals surface area contributed by atoms with Gasteiger partial charge in [-0.2, -0.15) is 0 Å². The van der Waals surface area contributed by atoms with Crippen molar-refractivity contribution in [2.45, 2.75) is 59.5 Å². The second kappa shape index (κ2) is 6.36. The summed E-state index contributed by atoms with van der Waals surface area (Å²) in [5.41, 5.74) is 6.37. The third kappa shape index (κ3) is 3.94. The van der Waals surface area contributed by atoms with Gasteiger partial charge < -0.3 is 10.8 Å². The van der Waals surface area contributed by atoms with E-state index >= 15 is 0 Å². The van der Waals surface area contributed by atoms with E-state index in [-0.39, 0.29) is 24.1 Å². The normalized spacial score (nSPS) is 23.3. The molecule has 1 fully saturated rings. The molecule has 1 heterocycles. The minimum atomic E-state index is 0.0260. The fraction of sp³-hybridized carbons (Fsp3) is 1.00. The molecular weight excluding hydrogens is 224 g/mol. The Bertz CT molecular complexity index is 239. The molecule has 0 spiro atoms. The third-order valence-corrected chi connectivity index (χ3v) is 4.59. The fourth-order valence-electron chi connectivity index (χ4n) is 2.95. The molecule has 18 heavy (non-hydrogen) atoms. The molecule has 0 bridgehead atoms. The molecule has 0 aliphatic carbocycles. The Morgan fingerprint density at radius 1 is 1.22 bits per heavy atom. The van der Waals surface area contributed by atoms with Crippen LogP contribution in [0.1, 0.15) is 47.5 Å². The Morgan fingerprint density at radius 2 is 1.72 bits per heavy atom. The summed E-state index contributed by atoms with van der Waals surface area (Å²) in [4.78, 5) is 2.40. The predicted molar refractivity (Wildman–Crippen MR) is 77.4 cm³/mol. The Morgan fingerprint density at radius 3 is 2.06 bits per heavy atom. The van der Waals surface area contributed by atoms with Crippen LogP contribution in [0.25, 0.3) is 0 Å². The fourth-order valence-corrected chi connectivity index (χ4v) is 2.95. The average molecular weight is 256 g/mol. The van der Waals surface area contributed by atoms with Gasteiger partial charge in [0.2, 0.25) is 0 Å². The smallest absolute Gasteiger partial charge is 0.0602 e. The van der Waals surface area contributed by atoms with E-state index in [0.29, 0.717) is 0 Å². The van der Waals surface area contributed by atoms with Crippen LogP contribution in [0.2, 0.25) is 0 Å². The monoisotopic (exact) mass is 256 g/mol. The molecule has 0 amide bonds. The van der Waals surface area contributed by atoms with Gasteiger partial charge in [0.05, 0.1) is 6.61 Å². The molecule has 3 nitrogen and oxygen atoms in total. The molecule has 108 valence electrons. The van der Waals surface area contributed by atoms with Gasteiger partial charge in [-0.25, -0.2) is 0 Å². The molecule has 1 rings (SSSR count). The first-order valence-corrected chi connectivity index (χ1v) is 7.38. The number of nitrogens with two attached hydrogens (primary N) is 1. The van der Waals surface area contributed by atoms with Gasteiger partial charge in [-0.1, -0.05) is 34.6 Å². The Balaban J connectivity index is 2.58. The Hall–Kier alpha value is -0.120. The van der Waals surface area contributed by atoms with Crippen molar-refractivity contribution in [3.8, 4) is 0 Å². The summed E-state index contributed by atoms with van der Waals surface area (Å²) >= 11 is 0. The number of likely N-dealkylation sites (tertiary alicyclic amines) is 1. The van der Waals surface area contributed by atoms with Gasteiger partial charge in [0.15, 0.2) is 0 Å². The standard InChI is InChI=1S/C15H32N2O/c1-11(2)12-6-8-17(9-7-12)13(10-18)14(16)15(3,4)5/h11-14,18H,6-10,16H2,1-5H3. The zero-order valence-electron chi connectivity index (χ0n) is 12.8. The van der Waals surface area contributed by atoms with Crippen LogP contribution in [-0.4, -0.2) is 41.8 Å². The first-order valence-electron chi connectivity index (χ1n) is 7.38. The van der Waals surface area contributed by atoms with Crippen molar-refractivity contribution in [1.82, 2.24) is 4.90 Å². The van der Waals surface area contributed by atoms with Crippen molar-refractivity contribution in [2.24, 2.45) is 23.0 Å². The molecule has 0 aromatic rings. The van der Waals surface area contributed by atoms with E-state index in [2.05, 4.69) is 39.5 Å². The molecule has 3 N–H and O–H groups in total. The quantitative estimate of drug-likeness (QED) is 0.810. The summed E-state index contributed by atoms with van der Waals surface area (Å²) in [6.45, 7) is 13.4. The van der Waals surface area contributed by atoms with Crippen molar-refractivity contribution in [3.63, 3.8) is 0 Å². The highest BCUT2D eigenvalue weighted by atomic mass is 16.3. The lowest BCUT2D eigenvalue weighted by atomic mass is 9.80. The summed E-state index contributed by atoms with van der Waals surface area (Å²) in [5.74, 6) is 1.61. The lowest BCUT2D eigenvalue weighted by Gasteiger charge is -2.43. The first kappa shape index (κ1) is 15.9. The van der Waals surface area contributed by atoms with Crippen molar-refractivity contribution < 1.29 is 5.11 Å². The Labute approximate surface area is 113 Å². The van der Waals surface area contributed by atoms with E-state index < -0.39 is 0 Å². The molecule has 2 unspecified atom stereocenters. The van der Waals surface area contributed by atoms with Gasteiger partial charge in [-0.05, 0) is 43.2 Å². The largest absolute Gasteiger partial charge is 0.395 e. The van der Waals surface area contributed by atoms with Crippen LogP contribution >= 0.6 is 0 Å². The molecule has 0 aromatic heterocycles. The molecule has 0 radical (unpaired) electrons. The minimum Gasteiger partial charge on any atom is -0.395 e. The van der Waals surface area contributed by atoms with Crippen molar-refractivity contribution in [2.75, 3.05) is 19.7 Å². The second-order valence-corrected chi connectivity index (χ2v) is 7.26. The van der Waals surface area contributed by atoms with Gasteiger partial charge in [-0.15, -0.1) is 0 Å². The van der Waals surface area contributed by atoms with Crippen LogP contribution in [-0.2, 0) is 0 Å². The maximum absolute atomic E-state index is 9.67. The highest BCUT2D eigenvalue weighted by Crippen LogP contribution is 2.28. The Kier molecular flexibility index (Phi) is 5.63. The molecule has 2 atom stereocenters. The zero-order chi connectivity index (χ0) is 13.9. The molecule has 1 saturated heterocycles. The number of aliphatic hydroxyl groups excluding tert-OH is 1.